The van der Waals surface area contributed by atoms with Gasteiger partial charge in [0.05, 0.1) is 6.61 Å². The number of nitrogens with one attached hydrogen (secondary N) is 3. The highest BCUT2D eigenvalue weighted by Crippen LogP contribution is 2.16. The zero-order chi connectivity index (χ0) is 16.5. The molecule has 0 saturated heterocycles. The number of hydrogen-bond donors (Lipinski definition) is 3. The molecule has 0 saturated carbocycles. The molecule has 0 heterocycles. The molecule has 0 aromatic heterocycles. The fourth-order valence-electron chi connectivity index (χ4n) is 1.52. The van der Waals surface area contributed by atoms with Crippen LogP contribution >= 0.6 is 28.1 Å². The molecule has 120 valence electrons. The summed E-state index contributed by atoms with van der Waals surface area (Å²) < 4.78 is 19.2. The number of carbonyl (C=O) groups excluding carboxylic acids is 1. The Labute approximate surface area is 142 Å². The Morgan fingerprint density at radius 3 is 2.91 bits per heavy atom. The van der Waals surface area contributed by atoms with Gasteiger partial charge in [-0.3, -0.25) is 15.6 Å². The number of carbonyl (C=O) groups is 1. The van der Waals surface area contributed by atoms with Gasteiger partial charge in [-0.05, 0) is 43.4 Å². The zero-order valence-corrected chi connectivity index (χ0v) is 14.6. The summed E-state index contributed by atoms with van der Waals surface area (Å²) in [7, 11) is 1.59. The van der Waals surface area contributed by atoms with Crippen molar-refractivity contribution in [3.63, 3.8) is 0 Å². The molecule has 0 spiro atoms. The Kier molecular flexibility index (Phi) is 8.00. The first-order valence-corrected chi connectivity index (χ1v) is 7.61. The van der Waals surface area contributed by atoms with E-state index in [1.165, 1.54) is 18.2 Å². The van der Waals surface area contributed by atoms with Crippen LogP contribution in [0.2, 0.25) is 0 Å². The van der Waals surface area contributed by atoms with Crippen molar-refractivity contribution < 1.29 is 13.9 Å². The van der Waals surface area contributed by atoms with Crippen LogP contribution in [0.25, 0.3) is 6.08 Å². The topological polar surface area (TPSA) is 62.4 Å². The van der Waals surface area contributed by atoms with E-state index in [1.54, 1.807) is 19.2 Å². The number of rotatable bonds is 5. The number of thiocarbonyl (C=S) groups is 1. The molecule has 5 nitrogen and oxygen atoms in total. The largest absolute Gasteiger partial charge is 0.383 e. The van der Waals surface area contributed by atoms with Crippen LogP contribution in [0.5, 0.6) is 0 Å². The fourth-order valence-corrected chi connectivity index (χ4v) is 2.15. The third kappa shape index (κ3) is 6.97. The molecule has 1 atom stereocenters. The highest BCUT2D eigenvalue weighted by molar-refractivity contribution is 9.10. The molecular formula is C14H17BrFN3O2S. The second-order valence-corrected chi connectivity index (χ2v) is 5.77. The lowest BCUT2D eigenvalue weighted by molar-refractivity contribution is -0.116. The van der Waals surface area contributed by atoms with E-state index in [2.05, 4.69) is 32.1 Å². The number of amides is 1. The summed E-state index contributed by atoms with van der Waals surface area (Å²) in [4.78, 5) is 11.6. The van der Waals surface area contributed by atoms with Crippen LogP contribution < -0.4 is 16.2 Å². The van der Waals surface area contributed by atoms with E-state index in [0.29, 0.717) is 12.2 Å². The third-order valence-corrected chi connectivity index (χ3v) is 3.18. The van der Waals surface area contributed by atoms with Crippen LogP contribution in [0.15, 0.2) is 28.7 Å². The normalized spacial score (nSPS) is 12.0. The summed E-state index contributed by atoms with van der Waals surface area (Å²) in [5.74, 6) is -0.867. The van der Waals surface area contributed by atoms with E-state index in [4.69, 9.17) is 17.0 Å². The van der Waals surface area contributed by atoms with Gasteiger partial charge in [0, 0.05) is 29.3 Å². The highest BCUT2D eigenvalue weighted by Gasteiger charge is 2.04. The van der Waals surface area contributed by atoms with Crippen molar-refractivity contribution in [1.82, 2.24) is 16.2 Å². The van der Waals surface area contributed by atoms with Crippen LogP contribution in [-0.2, 0) is 9.53 Å². The van der Waals surface area contributed by atoms with Gasteiger partial charge in [-0.1, -0.05) is 15.9 Å². The maximum atomic E-state index is 13.5. The minimum absolute atomic E-state index is 0.00760. The molecule has 0 aliphatic heterocycles. The summed E-state index contributed by atoms with van der Waals surface area (Å²) in [5.41, 5.74) is 5.23. The number of halogens is 2. The minimum Gasteiger partial charge on any atom is -0.383 e. The fraction of sp³-hybridized carbons (Fsp3) is 0.286. The van der Waals surface area contributed by atoms with E-state index in [-0.39, 0.29) is 11.2 Å². The maximum Gasteiger partial charge on any atom is 0.262 e. The summed E-state index contributed by atoms with van der Waals surface area (Å²) in [5, 5.41) is 3.18. The van der Waals surface area contributed by atoms with Crippen LogP contribution in [0.3, 0.4) is 0 Å². The number of benzene rings is 1. The molecule has 8 heteroatoms. The first-order valence-electron chi connectivity index (χ1n) is 6.41. The highest BCUT2D eigenvalue weighted by atomic mass is 79.9. The van der Waals surface area contributed by atoms with Gasteiger partial charge in [0.1, 0.15) is 5.82 Å². The monoisotopic (exact) mass is 389 g/mol. The lowest BCUT2D eigenvalue weighted by Crippen LogP contribution is -2.49. The molecule has 0 aliphatic rings. The van der Waals surface area contributed by atoms with Crippen LogP contribution in [-0.4, -0.2) is 30.8 Å². The first kappa shape index (κ1) is 18.5. The van der Waals surface area contributed by atoms with Gasteiger partial charge in [-0.2, -0.15) is 0 Å². The third-order valence-electron chi connectivity index (χ3n) is 2.47. The summed E-state index contributed by atoms with van der Waals surface area (Å²) in [6.45, 7) is 2.37. The van der Waals surface area contributed by atoms with Crippen LogP contribution in [0, 0.1) is 5.82 Å². The Morgan fingerprint density at radius 2 is 2.23 bits per heavy atom. The molecule has 3 N–H and O–H groups in total. The molecule has 0 unspecified atom stereocenters. The molecule has 0 bridgehead atoms. The molecule has 1 amide bonds. The Hall–Kier alpha value is -1.51. The Balaban J connectivity index is 2.44. The molecule has 0 aliphatic carbocycles. The second kappa shape index (κ2) is 9.50. The smallest absolute Gasteiger partial charge is 0.262 e. The maximum absolute atomic E-state index is 13.5. The number of hydrogen-bond acceptors (Lipinski definition) is 3. The molecule has 22 heavy (non-hydrogen) atoms. The van der Waals surface area contributed by atoms with Crippen LogP contribution in [0.4, 0.5) is 4.39 Å². The van der Waals surface area contributed by atoms with E-state index in [0.717, 1.165) is 4.47 Å². The van der Waals surface area contributed by atoms with Crippen molar-refractivity contribution in [1.29, 1.82) is 0 Å². The number of methoxy groups -OCH3 is 1. The Bertz CT molecular complexity index is 569. The van der Waals surface area contributed by atoms with Gasteiger partial charge in [0.15, 0.2) is 5.11 Å². The summed E-state index contributed by atoms with van der Waals surface area (Å²) >= 11 is 8.24. The van der Waals surface area contributed by atoms with E-state index in [1.807, 2.05) is 6.92 Å². The number of hydrazine groups is 1. The molecule has 1 aromatic carbocycles. The van der Waals surface area contributed by atoms with Gasteiger partial charge in [-0.25, -0.2) is 4.39 Å². The van der Waals surface area contributed by atoms with Crippen molar-refractivity contribution in [3.8, 4) is 0 Å². The lowest BCUT2D eigenvalue weighted by Gasteiger charge is -2.15. The average molecular weight is 390 g/mol. The SMILES string of the molecule is COC[C@H](C)NC(=S)NNC(=O)/C=C/c1cc(Br)ccc1F. The van der Waals surface area contributed by atoms with Gasteiger partial charge in [-0.15, -0.1) is 0 Å². The van der Waals surface area contributed by atoms with Crippen molar-refractivity contribution in [2.24, 2.45) is 0 Å². The summed E-state index contributed by atoms with van der Waals surface area (Å²) in [6.07, 6.45) is 2.58. The molecule has 1 aromatic rings. The molecular weight excluding hydrogens is 373 g/mol. The van der Waals surface area contributed by atoms with Crippen LogP contribution in [0.1, 0.15) is 12.5 Å². The zero-order valence-electron chi connectivity index (χ0n) is 12.2. The second-order valence-electron chi connectivity index (χ2n) is 4.44. The van der Waals surface area contributed by atoms with Gasteiger partial charge < -0.3 is 10.1 Å². The molecule has 0 radical (unpaired) electrons. The van der Waals surface area contributed by atoms with E-state index in [9.17, 15) is 9.18 Å². The lowest BCUT2D eigenvalue weighted by atomic mass is 10.2. The van der Waals surface area contributed by atoms with Crippen molar-refractivity contribution >= 4 is 45.2 Å². The number of ether oxygens (including phenoxy) is 1. The van der Waals surface area contributed by atoms with Crippen molar-refractivity contribution in [2.45, 2.75) is 13.0 Å². The molecule has 0 fully saturated rings. The predicted octanol–water partition coefficient (Wildman–Crippen LogP) is 2.13. The van der Waals surface area contributed by atoms with Gasteiger partial charge >= 0.3 is 0 Å². The minimum atomic E-state index is -0.456. The first-order chi connectivity index (χ1) is 10.4. The standard InChI is InChI=1S/C14H17BrFN3O2S/c1-9(8-21-2)17-14(22)19-18-13(20)6-3-10-7-11(15)4-5-12(10)16/h3-7,9H,8H2,1-2H3,(H,18,20)(H2,17,19,22)/b6-3+/t9-/m0/s1. The predicted molar refractivity (Wildman–Crippen MR) is 91.5 cm³/mol. The average Bonchev–Trinajstić information content (AvgIpc) is 2.46. The summed E-state index contributed by atoms with van der Waals surface area (Å²) in [6, 6.07) is 4.48. The van der Waals surface area contributed by atoms with Crippen molar-refractivity contribution in [3.05, 3.63) is 40.1 Å². The van der Waals surface area contributed by atoms with Gasteiger partial charge in [0.25, 0.3) is 5.91 Å². The van der Waals surface area contributed by atoms with E-state index < -0.39 is 11.7 Å². The van der Waals surface area contributed by atoms with Crippen molar-refractivity contribution in [2.75, 3.05) is 13.7 Å². The van der Waals surface area contributed by atoms with E-state index >= 15 is 0 Å². The quantitative estimate of drug-likeness (QED) is 0.409. The Morgan fingerprint density at radius 1 is 1.50 bits per heavy atom. The van der Waals surface area contributed by atoms with Gasteiger partial charge in [0.2, 0.25) is 0 Å². The molecule has 1 rings (SSSR count).